The minimum absolute atomic E-state index is 0.0416. The number of thioether (sulfide) groups is 1. The van der Waals surface area contributed by atoms with Crippen LogP contribution in [0, 0.1) is 12.8 Å². The molecule has 25 heavy (non-hydrogen) atoms. The molecule has 0 bridgehead atoms. The van der Waals surface area contributed by atoms with Crippen LogP contribution in [0.4, 0.5) is 0 Å². The van der Waals surface area contributed by atoms with Crippen LogP contribution in [0.3, 0.4) is 0 Å². The van der Waals surface area contributed by atoms with Gasteiger partial charge in [0.2, 0.25) is 0 Å². The second-order valence-corrected chi connectivity index (χ2v) is 7.09. The second kappa shape index (κ2) is 7.66. The van der Waals surface area contributed by atoms with Crippen molar-refractivity contribution in [3.05, 3.63) is 65.2 Å². The lowest BCUT2D eigenvalue weighted by atomic mass is 9.90. The normalized spacial score (nSPS) is 19.7. The lowest BCUT2D eigenvalue weighted by Gasteiger charge is -2.29. The van der Waals surface area contributed by atoms with E-state index in [2.05, 4.69) is 9.73 Å². The van der Waals surface area contributed by atoms with Gasteiger partial charge in [0, 0.05) is 21.9 Å². The smallest absolute Gasteiger partial charge is 0.327 e. The number of benzene rings is 2. The number of nitrogens with zero attached hydrogens (tertiary/aromatic N) is 1. The maximum Gasteiger partial charge on any atom is 0.327 e. The Balaban J connectivity index is 1.97. The summed E-state index contributed by atoms with van der Waals surface area (Å²) in [6, 6.07) is 15.9. The Morgan fingerprint density at radius 3 is 2.72 bits per heavy atom. The van der Waals surface area contributed by atoms with E-state index in [0.29, 0.717) is 0 Å². The van der Waals surface area contributed by atoms with Gasteiger partial charge in [0.05, 0.1) is 13.0 Å². The largest absolute Gasteiger partial charge is 0.468 e. The fraction of sp³-hybridized carbons (Fsp3) is 0.250. The van der Waals surface area contributed by atoms with E-state index in [1.54, 1.807) is 18.0 Å². The summed E-state index contributed by atoms with van der Waals surface area (Å²) in [6.07, 6.45) is 1.61. The Hall–Kier alpha value is -2.40. The van der Waals surface area contributed by atoms with Crippen molar-refractivity contribution in [2.45, 2.75) is 17.1 Å². The highest BCUT2D eigenvalue weighted by atomic mass is 32.2. The Kier molecular flexibility index (Phi) is 5.34. The highest BCUT2D eigenvalue weighted by molar-refractivity contribution is 7.99. The molecule has 0 amide bonds. The van der Waals surface area contributed by atoms with Crippen molar-refractivity contribution in [3.8, 4) is 0 Å². The van der Waals surface area contributed by atoms with Crippen LogP contribution in [0.1, 0.15) is 26.7 Å². The van der Waals surface area contributed by atoms with Crippen LogP contribution < -0.4 is 0 Å². The number of ether oxygens (including phenoxy) is 1. The number of esters is 1. The summed E-state index contributed by atoms with van der Waals surface area (Å²) < 4.78 is 4.61. The lowest BCUT2D eigenvalue weighted by molar-refractivity contribution is -0.138. The van der Waals surface area contributed by atoms with Crippen LogP contribution in [-0.2, 0) is 9.53 Å². The maximum atomic E-state index is 13.1. The monoisotopic (exact) mass is 353 g/mol. The van der Waals surface area contributed by atoms with E-state index >= 15 is 0 Å². The third-order valence-corrected chi connectivity index (χ3v) is 5.55. The summed E-state index contributed by atoms with van der Waals surface area (Å²) in [7, 11) is 1.32. The Bertz CT molecular complexity index is 817. The van der Waals surface area contributed by atoms with Crippen LogP contribution in [0.15, 0.2) is 58.4 Å². The number of carbonyl (C=O) groups excluding carboxylic acids is 2. The summed E-state index contributed by atoms with van der Waals surface area (Å²) in [6.45, 7) is 1.90. The van der Waals surface area contributed by atoms with Crippen molar-refractivity contribution in [2.24, 2.45) is 10.9 Å². The predicted octanol–water partition coefficient (Wildman–Crippen LogP) is 3.88. The van der Waals surface area contributed by atoms with Gasteiger partial charge >= 0.3 is 5.97 Å². The van der Waals surface area contributed by atoms with Gasteiger partial charge in [0.15, 0.2) is 5.78 Å². The van der Waals surface area contributed by atoms with Crippen molar-refractivity contribution < 1.29 is 14.3 Å². The molecule has 3 rings (SSSR count). The van der Waals surface area contributed by atoms with E-state index in [0.717, 1.165) is 21.6 Å². The van der Waals surface area contributed by atoms with Gasteiger partial charge in [-0.3, -0.25) is 14.6 Å². The van der Waals surface area contributed by atoms with Crippen molar-refractivity contribution in [1.82, 2.24) is 0 Å². The van der Waals surface area contributed by atoms with Gasteiger partial charge in [0.1, 0.15) is 6.54 Å². The third kappa shape index (κ3) is 3.82. The van der Waals surface area contributed by atoms with Gasteiger partial charge in [0.25, 0.3) is 0 Å². The van der Waals surface area contributed by atoms with Crippen molar-refractivity contribution in [3.63, 3.8) is 0 Å². The van der Waals surface area contributed by atoms with Crippen molar-refractivity contribution >= 4 is 29.7 Å². The number of aliphatic imine (C=N–C) groups is 1. The molecule has 2 aromatic carbocycles. The molecule has 5 heteroatoms. The van der Waals surface area contributed by atoms with Crippen LogP contribution in [-0.4, -0.2) is 31.6 Å². The van der Waals surface area contributed by atoms with Gasteiger partial charge in [-0.15, -0.1) is 11.8 Å². The summed E-state index contributed by atoms with van der Waals surface area (Å²) in [5, 5.41) is -0.0645. The molecule has 4 nitrogen and oxygen atoms in total. The summed E-state index contributed by atoms with van der Waals surface area (Å²) in [5.74, 6) is -0.786. The molecular weight excluding hydrogens is 334 g/mol. The Morgan fingerprint density at radius 2 is 2.00 bits per heavy atom. The average Bonchev–Trinajstić information content (AvgIpc) is 2.64. The number of rotatable bonds is 4. The molecule has 1 heterocycles. The number of aryl methyl sites for hydroxylation is 1. The first kappa shape index (κ1) is 17.4. The molecule has 1 aliphatic rings. The van der Waals surface area contributed by atoms with Gasteiger partial charge in [-0.25, -0.2) is 0 Å². The minimum Gasteiger partial charge on any atom is -0.468 e. The molecule has 0 saturated carbocycles. The van der Waals surface area contributed by atoms with Gasteiger partial charge < -0.3 is 4.74 Å². The van der Waals surface area contributed by atoms with E-state index in [1.807, 2.05) is 55.5 Å². The number of Topliss-reactive ketones (excluding diaryl/α,β-unsaturated/α-hetero) is 1. The molecule has 2 atom stereocenters. The molecule has 128 valence electrons. The molecule has 0 saturated heterocycles. The molecule has 0 N–H and O–H groups in total. The third-order valence-electron chi connectivity index (χ3n) is 4.13. The molecule has 0 fully saturated rings. The van der Waals surface area contributed by atoms with Gasteiger partial charge in [-0.2, -0.15) is 0 Å². The van der Waals surface area contributed by atoms with Crippen molar-refractivity contribution in [1.29, 1.82) is 0 Å². The molecule has 0 radical (unpaired) electrons. The maximum absolute atomic E-state index is 13.1. The molecule has 0 spiro atoms. The zero-order chi connectivity index (χ0) is 17.8. The Morgan fingerprint density at radius 1 is 1.24 bits per heavy atom. The molecule has 2 unspecified atom stereocenters. The molecule has 2 aromatic rings. The standard InChI is InChI=1S/C20H19NO3S/c1-13-8-9-17-15(10-13)19(23)16(11-21-12-18(22)24-2)20(25-17)14-6-4-3-5-7-14/h3-11,16,20H,12H2,1-2H3. The summed E-state index contributed by atoms with van der Waals surface area (Å²) in [5.41, 5.74) is 2.85. The number of ketones is 1. The summed E-state index contributed by atoms with van der Waals surface area (Å²) in [4.78, 5) is 29.5. The Labute approximate surface area is 151 Å². The van der Waals surface area contributed by atoms with Crippen LogP contribution in [0.5, 0.6) is 0 Å². The van der Waals surface area contributed by atoms with Gasteiger partial charge in [-0.1, -0.05) is 42.0 Å². The highest BCUT2D eigenvalue weighted by Crippen LogP contribution is 2.47. The van der Waals surface area contributed by atoms with E-state index in [-0.39, 0.29) is 17.6 Å². The van der Waals surface area contributed by atoms with E-state index in [4.69, 9.17) is 0 Å². The van der Waals surface area contributed by atoms with Crippen LogP contribution >= 0.6 is 11.8 Å². The van der Waals surface area contributed by atoms with Crippen molar-refractivity contribution in [2.75, 3.05) is 13.7 Å². The molecule has 0 aliphatic carbocycles. The average molecular weight is 353 g/mol. The fourth-order valence-corrected chi connectivity index (χ4v) is 4.18. The van der Waals surface area contributed by atoms with Crippen LogP contribution in [0.25, 0.3) is 0 Å². The van der Waals surface area contributed by atoms with E-state index in [1.165, 1.54) is 7.11 Å². The van der Waals surface area contributed by atoms with Gasteiger partial charge in [-0.05, 0) is 24.6 Å². The highest BCUT2D eigenvalue weighted by Gasteiger charge is 2.36. The number of hydrogen-bond donors (Lipinski definition) is 0. The second-order valence-electron chi connectivity index (χ2n) is 5.90. The van der Waals surface area contributed by atoms with E-state index < -0.39 is 11.9 Å². The first-order chi connectivity index (χ1) is 12.1. The molecule has 0 aromatic heterocycles. The lowest BCUT2D eigenvalue weighted by Crippen LogP contribution is -2.27. The number of hydrogen-bond acceptors (Lipinski definition) is 5. The number of methoxy groups -OCH3 is 1. The molecular formula is C20H19NO3S. The summed E-state index contributed by atoms with van der Waals surface area (Å²) >= 11 is 1.67. The number of fused-ring (bicyclic) bond motifs is 1. The topological polar surface area (TPSA) is 55.7 Å². The zero-order valence-electron chi connectivity index (χ0n) is 14.1. The number of carbonyl (C=O) groups is 2. The fourth-order valence-electron chi connectivity index (χ4n) is 2.84. The predicted molar refractivity (Wildman–Crippen MR) is 99.4 cm³/mol. The quantitative estimate of drug-likeness (QED) is 0.618. The zero-order valence-corrected chi connectivity index (χ0v) is 15.0. The SMILES string of the molecule is COC(=O)CN=CC1C(=O)c2cc(C)ccc2SC1c1ccccc1. The van der Waals surface area contributed by atoms with Crippen LogP contribution in [0.2, 0.25) is 0 Å². The van der Waals surface area contributed by atoms with E-state index in [9.17, 15) is 9.59 Å². The first-order valence-electron chi connectivity index (χ1n) is 8.03. The minimum atomic E-state index is -0.417. The molecule has 1 aliphatic heterocycles. The first-order valence-corrected chi connectivity index (χ1v) is 8.91.